The van der Waals surface area contributed by atoms with Crippen LogP contribution in [0.1, 0.15) is 13.3 Å². The van der Waals surface area contributed by atoms with Gasteiger partial charge in [-0.15, -0.1) is 0 Å². The predicted molar refractivity (Wildman–Crippen MR) is 53.1 cm³/mol. The number of esters is 1. The molecule has 0 N–H and O–H groups in total. The lowest BCUT2D eigenvalue weighted by Gasteiger charge is -2.04. The second-order valence-electron chi connectivity index (χ2n) is 3.61. The Balaban J connectivity index is 1.72. The van der Waals surface area contributed by atoms with Crippen LogP contribution in [0.3, 0.4) is 0 Å². The number of fused-ring (bicyclic) bond motifs is 1. The second kappa shape index (κ2) is 4.49. The highest BCUT2D eigenvalue weighted by Crippen LogP contribution is 2.28. The second-order valence-corrected chi connectivity index (χ2v) is 3.61. The van der Waals surface area contributed by atoms with E-state index in [0.717, 1.165) is 6.42 Å². The Bertz CT molecular complexity index is 295. The van der Waals surface area contributed by atoms with Gasteiger partial charge in [0.1, 0.15) is 18.8 Å². The number of hydrogen-bond acceptors (Lipinski definition) is 4. The van der Waals surface area contributed by atoms with Crippen LogP contribution in [0.4, 0.5) is 0 Å². The lowest BCUT2D eigenvalue weighted by atomic mass is 10.1. The van der Waals surface area contributed by atoms with E-state index in [-0.39, 0.29) is 24.3 Å². The van der Waals surface area contributed by atoms with E-state index < -0.39 is 0 Å². The van der Waals surface area contributed by atoms with Gasteiger partial charge in [-0.2, -0.15) is 0 Å². The van der Waals surface area contributed by atoms with Crippen molar-refractivity contribution in [2.75, 3.05) is 6.61 Å². The van der Waals surface area contributed by atoms with E-state index >= 15 is 0 Å². The van der Waals surface area contributed by atoms with Crippen molar-refractivity contribution in [2.45, 2.75) is 31.7 Å². The predicted octanol–water partition coefficient (Wildman–Crippen LogP) is 1.18. The van der Waals surface area contributed by atoms with E-state index in [1.54, 1.807) is 12.3 Å². The molecule has 0 aliphatic carbocycles. The summed E-state index contributed by atoms with van der Waals surface area (Å²) in [5.74, 6) is -0.268. The van der Waals surface area contributed by atoms with Crippen LogP contribution in [0.15, 0.2) is 24.5 Å². The van der Waals surface area contributed by atoms with Gasteiger partial charge in [-0.3, -0.25) is 4.79 Å². The van der Waals surface area contributed by atoms with Gasteiger partial charge >= 0.3 is 5.97 Å². The van der Waals surface area contributed by atoms with Gasteiger partial charge in [0.2, 0.25) is 0 Å². The molecule has 4 nitrogen and oxygen atoms in total. The molecule has 0 aromatic heterocycles. The largest absolute Gasteiger partial charge is 0.495 e. The van der Waals surface area contributed by atoms with Crippen molar-refractivity contribution in [2.24, 2.45) is 0 Å². The summed E-state index contributed by atoms with van der Waals surface area (Å²) in [6, 6.07) is 0. The molecule has 1 fully saturated rings. The minimum atomic E-state index is -0.268. The van der Waals surface area contributed by atoms with Crippen LogP contribution < -0.4 is 0 Å². The van der Waals surface area contributed by atoms with Crippen molar-refractivity contribution in [1.29, 1.82) is 0 Å². The van der Waals surface area contributed by atoms with E-state index in [9.17, 15) is 4.79 Å². The van der Waals surface area contributed by atoms with Gasteiger partial charge in [-0.25, -0.2) is 0 Å². The van der Waals surface area contributed by atoms with E-state index in [0.29, 0.717) is 6.61 Å². The monoisotopic (exact) mass is 210 g/mol. The fourth-order valence-corrected chi connectivity index (χ4v) is 1.73. The van der Waals surface area contributed by atoms with Gasteiger partial charge in [-0.1, -0.05) is 6.08 Å². The Morgan fingerprint density at radius 3 is 3.27 bits per heavy atom. The normalized spacial score (nSPS) is 33.0. The van der Waals surface area contributed by atoms with E-state index in [1.807, 2.05) is 12.2 Å². The summed E-state index contributed by atoms with van der Waals surface area (Å²) in [7, 11) is 0. The van der Waals surface area contributed by atoms with Crippen molar-refractivity contribution in [3.8, 4) is 0 Å². The van der Waals surface area contributed by atoms with Gasteiger partial charge in [-0.05, 0) is 12.2 Å². The Labute approximate surface area is 88.5 Å². The van der Waals surface area contributed by atoms with Crippen molar-refractivity contribution in [3.63, 3.8) is 0 Å². The van der Waals surface area contributed by atoms with Crippen LogP contribution in [0.5, 0.6) is 0 Å². The third-order valence-corrected chi connectivity index (χ3v) is 2.42. The number of ether oxygens (including phenoxy) is 3. The Morgan fingerprint density at radius 1 is 1.67 bits per heavy atom. The topological polar surface area (TPSA) is 44.8 Å². The fraction of sp³-hybridized carbons (Fsp3) is 0.545. The first-order valence-corrected chi connectivity index (χ1v) is 5.03. The number of carbonyl (C=O) groups excluding carboxylic acids is 1. The maximum absolute atomic E-state index is 10.5. The SMILES string of the molecule is CC(=O)OC/C=C/[C@@H]1C[C@@H]2OC=C[C@@H]2O1. The molecule has 0 spiro atoms. The van der Waals surface area contributed by atoms with Crippen LogP contribution in [0, 0.1) is 0 Å². The summed E-state index contributed by atoms with van der Waals surface area (Å²) >= 11 is 0. The molecule has 0 aromatic carbocycles. The Kier molecular flexibility index (Phi) is 3.06. The van der Waals surface area contributed by atoms with E-state index in [1.165, 1.54) is 6.92 Å². The molecule has 0 bridgehead atoms. The smallest absolute Gasteiger partial charge is 0.302 e. The van der Waals surface area contributed by atoms with Crippen molar-refractivity contribution in [3.05, 3.63) is 24.5 Å². The molecule has 3 atom stereocenters. The minimum absolute atomic E-state index is 0.0699. The number of rotatable bonds is 3. The van der Waals surface area contributed by atoms with Gasteiger partial charge in [0, 0.05) is 13.3 Å². The van der Waals surface area contributed by atoms with Crippen molar-refractivity contribution in [1.82, 2.24) is 0 Å². The molecule has 0 saturated carbocycles. The average molecular weight is 210 g/mol. The summed E-state index contributed by atoms with van der Waals surface area (Å²) in [5.41, 5.74) is 0. The van der Waals surface area contributed by atoms with Crippen molar-refractivity contribution >= 4 is 5.97 Å². The van der Waals surface area contributed by atoms with E-state index in [4.69, 9.17) is 14.2 Å². The molecule has 2 heterocycles. The molecular formula is C11H14O4. The Morgan fingerprint density at radius 2 is 2.53 bits per heavy atom. The van der Waals surface area contributed by atoms with Gasteiger partial charge < -0.3 is 14.2 Å². The molecule has 15 heavy (non-hydrogen) atoms. The summed E-state index contributed by atoms with van der Waals surface area (Å²) < 4.78 is 15.7. The molecule has 4 heteroatoms. The molecule has 2 aliphatic heterocycles. The highest BCUT2D eigenvalue weighted by molar-refractivity contribution is 5.65. The van der Waals surface area contributed by atoms with Crippen LogP contribution in [0.25, 0.3) is 0 Å². The molecule has 0 radical (unpaired) electrons. The van der Waals surface area contributed by atoms with Gasteiger partial charge in [0.05, 0.1) is 12.4 Å². The Hall–Kier alpha value is -1.29. The van der Waals surface area contributed by atoms with E-state index in [2.05, 4.69) is 0 Å². The maximum Gasteiger partial charge on any atom is 0.302 e. The van der Waals surface area contributed by atoms with Crippen LogP contribution in [-0.4, -0.2) is 30.9 Å². The third kappa shape index (κ3) is 2.59. The first-order valence-electron chi connectivity index (χ1n) is 5.03. The fourth-order valence-electron chi connectivity index (χ4n) is 1.73. The summed E-state index contributed by atoms with van der Waals surface area (Å²) in [6.07, 6.45) is 8.50. The summed E-state index contributed by atoms with van der Waals surface area (Å²) in [6.45, 7) is 1.70. The quantitative estimate of drug-likeness (QED) is 0.518. The lowest BCUT2D eigenvalue weighted by molar-refractivity contribution is -0.139. The standard InChI is InChI=1S/C11H14O4/c1-8(12)13-5-2-3-9-7-11-10(15-9)4-6-14-11/h2-4,6,9-11H,5,7H2,1H3/b3-2+/t9-,10+,11+/m1/s1. The molecule has 0 aromatic rings. The molecule has 1 saturated heterocycles. The zero-order valence-corrected chi connectivity index (χ0v) is 8.59. The zero-order valence-electron chi connectivity index (χ0n) is 8.59. The average Bonchev–Trinajstić information content (AvgIpc) is 2.71. The third-order valence-electron chi connectivity index (χ3n) is 2.42. The van der Waals surface area contributed by atoms with Crippen molar-refractivity contribution < 1.29 is 19.0 Å². The molecule has 0 unspecified atom stereocenters. The number of carbonyl (C=O) groups is 1. The molecular weight excluding hydrogens is 196 g/mol. The molecule has 2 aliphatic rings. The maximum atomic E-state index is 10.5. The lowest BCUT2D eigenvalue weighted by Crippen LogP contribution is -2.14. The highest BCUT2D eigenvalue weighted by atomic mass is 16.6. The van der Waals surface area contributed by atoms with Gasteiger partial charge in [0.25, 0.3) is 0 Å². The summed E-state index contributed by atoms with van der Waals surface area (Å²) in [5, 5.41) is 0. The molecule has 2 rings (SSSR count). The number of hydrogen-bond donors (Lipinski definition) is 0. The minimum Gasteiger partial charge on any atom is -0.495 e. The highest BCUT2D eigenvalue weighted by Gasteiger charge is 2.36. The zero-order chi connectivity index (χ0) is 10.7. The first kappa shape index (κ1) is 10.2. The van der Waals surface area contributed by atoms with Gasteiger partial charge in [0.15, 0.2) is 0 Å². The van der Waals surface area contributed by atoms with Crippen LogP contribution in [-0.2, 0) is 19.0 Å². The van der Waals surface area contributed by atoms with Crippen LogP contribution in [0.2, 0.25) is 0 Å². The first-order chi connectivity index (χ1) is 7.25. The molecule has 0 amide bonds. The summed E-state index contributed by atoms with van der Waals surface area (Å²) in [4.78, 5) is 10.5. The van der Waals surface area contributed by atoms with Crippen LogP contribution >= 0.6 is 0 Å². The molecule has 82 valence electrons.